The van der Waals surface area contributed by atoms with Crippen LogP contribution in [-0.2, 0) is 6.54 Å². The van der Waals surface area contributed by atoms with Crippen molar-refractivity contribution in [1.29, 1.82) is 0 Å². The van der Waals surface area contributed by atoms with Crippen LogP contribution in [0.2, 0.25) is 0 Å². The molecule has 0 amide bonds. The molecule has 11 nitrogen and oxygen atoms in total. The third kappa shape index (κ3) is 5.88. The van der Waals surface area contributed by atoms with Crippen molar-refractivity contribution in [2.75, 3.05) is 0 Å². The minimum Gasteiger partial charge on any atom is -0.508 e. The first-order chi connectivity index (χ1) is 25.9. The lowest BCUT2D eigenvalue weighted by molar-refractivity contribution is 0.372. The van der Waals surface area contributed by atoms with Gasteiger partial charge in [-0.1, -0.05) is 78.9 Å². The molecule has 0 aliphatic rings. The van der Waals surface area contributed by atoms with Crippen molar-refractivity contribution in [3.8, 4) is 68.2 Å². The molecule has 266 valence electrons. The summed E-state index contributed by atoms with van der Waals surface area (Å²) >= 11 is 1.10. The van der Waals surface area contributed by atoms with Gasteiger partial charge in [-0.25, -0.2) is 9.98 Å². The van der Waals surface area contributed by atoms with Crippen molar-refractivity contribution in [2.45, 2.75) is 6.54 Å². The van der Waals surface area contributed by atoms with E-state index in [2.05, 4.69) is 21.7 Å². The van der Waals surface area contributed by atoms with Gasteiger partial charge in [0.2, 0.25) is 5.75 Å². The van der Waals surface area contributed by atoms with Gasteiger partial charge in [0.25, 0.3) is 0 Å². The van der Waals surface area contributed by atoms with Crippen LogP contribution in [0, 0.1) is 0 Å². The van der Waals surface area contributed by atoms with E-state index in [0.717, 1.165) is 22.5 Å². The maximum atomic E-state index is 11.5. The lowest BCUT2D eigenvalue weighted by atomic mass is 9.81. The minimum absolute atomic E-state index is 0.0176. The summed E-state index contributed by atoms with van der Waals surface area (Å²) in [5.41, 5.74) is 3.55. The van der Waals surface area contributed by atoms with Gasteiger partial charge >= 0.3 is 0 Å². The molecule has 8 N–H and O–H groups in total. The van der Waals surface area contributed by atoms with Crippen molar-refractivity contribution < 1.29 is 40.9 Å². The number of amidine groups is 2. The van der Waals surface area contributed by atoms with Gasteiger partial charge in [0, 0.05) is 26.8 Å². The molecule has 14 heteroatoms. The molecule has 7 aromatic rings. The standard InChI is InChI=1S/C40H31B2N3O8S/c1-43-40(45-39(19-11-6-3-7-12-19)44-17-23-28(41)35(51)36(52)29(42)30(23)46)22-16-24-26(33(49)31(22)47)27-34(50)37(53)32(48)25(38(27)54-24)21-14-8-13-20(15-21)18-9-4-2-5-10-18/h2-16,46-53H,1,17,41-42H2/b44-39-,45-40-. The average Bonchev–Trinajstić information content (AvgIpc) is 3.58. The predicted molar refractivity (Wildman–Crippen MR) is 219 cm³/mol. The highest BCUT2D eigenvalue weighted by atomic mass is 32.1. The van der Waals surface area contributed by atoms with Gasteiger partial charge in [-0.2, -0.15) is 0 Å². The molecule has 7 rings (SSSR count). The summed E-state index contributed by atoms with van der Waals surface area (Å²) < 4.78 is 0.676. The Kier molecular flexibility index (Phi) is 9.13. The summed E-state index contributed by atoms with van der Waals surface area (Å²) in [4.78, 5) is 13.3. The largest absolute Gasteiger partial charge is 0.508 e. The molecule has 0 unspecified atom stereocenters. The summed E-state index contributed by atoms with van der Waals surface area (Å²) in [6.07, 6.45) is 0. The van der Waals surface area contributed by atoms with Gasteiger partial charge in [0.05, 0.1) is 22.2 Å². The summed E-state index contributed by atoms with van der Waals surface area (Å²) in [5.74, 6) is -4.40. The Hall–Kier alpha value is -6.92. The number of benzene rings is 6. The van der Waals surface area contributed by atoms with Crippen molar-refractivity contribution in [3.63, 3.8) is 0 Å². The lowest BCUT2D eigenvalue weighted by Gasteiger charge is -2.14. The van der Waals surface area contributed by atoms with Gasteiger partial charge in [-0.05, 0) is 46.5 Å². The van der Waals surface area contributed by atoms with Gasteiger partial charge in [-0.15, -0.1) is 11.3 Å². The highest BCUT2D eigenvalue weighted by Crippen LogP contribution is 2.57. The van der Waals surface area contributed by atoms with Crippen molar-refractivity contribution in [3.05, 3.63) is 108 Å². The molecule has 0 bridgehead atoms. The normalized spacial score (nSPS) is 12.1. The Morgan fingerprint density at radius 3 is 1.87 bits per heavy atom. The third-order valence-corrected chi connectivity index (χ3v) is 10.5. The van der Waals surface area contributed by atoms with Crippen LogP contribution in [0.5, 0.6) is 46.0 Å². The summed E-state index contributed by atoms with van der Waals surface area (Å²) in [6.45, 7) is 3.48. The fourth-order valence-corrected chi connectivity index (χ4v) is 7.75. The first kappa shape index (κ1) is 35.5. The smallest absolute Gasteiger partial charge is 0.201 e. The molecule has 0 fully saturated rings. The van der Waals surface area contributed by atoms with E-state index in [-0.39, 0.29) is 68.1 Å². The highest BCUT2D eigenvalue weighted by Gasteiger charge is 2.28. The number of nitrogens with zero attached hydrogens (tertiary/aromatic N) is 3. The van der Waals surface area contributed by atoms with E-state index in [1.807, 2.05) is 42.5 Å². The van der Waals surface area contributed by atoms with Crippen LogP contribution in [0.25, 0.3) is 42.4 Å². The van der Waals surface area contributed by atoms with E-state index in [0.29, 0.717) is 20.5 Å². The monoisotopic (exact) mass is 735 g/mol. The van der Waals surface area contributed by atoms with Crippen LogP contribution >= 0.6 is 11.3 Å². The Morgan fingerprint density at radius 1 is 0.574 bits per heavy atom. The molecule has 0 aliphatic heterocycles. The van der Waals surface area contributed by atoms with Crippen molar-refractivity contribution >= 4 is 76.5 Å². The van der Waals surface area contributed by atoms with E-state index in [1.165, 1.54) is 21.8 Å². The second-order valence-corrected chi connectivity index (χ2v) is 13.6. The second-order valence-electron chi connectivity index (χ2n) is 12.5. The fraction of sp³-hybridized carbons (Fsp3) is 0.0250. The van der Waals surface area contributed by atoms with Crippen LogP contribution in [0.15, 0.2) is 106 Å². The van der Waals surface area contributed by atoms with Crippen molar-refractivity contribution in [2.24, 2.45) is 15.0 Å². The molecule has 0 saturated carbocycles. The molecular formula is C40H31B2N3O8S. The molecule has 0 radical (unpaired) electrons. The van der Waals surface area contributed by atoms with Crippen LogP contribution < -0.4 is 10.9 Å². The van der Waals surface area contributed by atoms with Crippen LogP contribution in [0.3, 0.4) is 0 Å². The first-order valence-corrected chi connectivity index (χ1v) is 17.4. The quantitative estimate of drug-likeness (QED) is 0.0397. The topological polar surface area (TPSA) is 199 Å². The Morgan fingerprint density at radius 2 is 1.19 bits per heavy atom. The molecule has 6 aromatic carbocycles. The highest BCUT2D eigenvalue weighted by molar-refractivity contribution is 7.26. The van der Waals surface area contributed by atoms with E-state index >= 15 is 0 Å². The number of aliphatic imine (C=N–C) groups is 3. The zero-order valence-corrected chi connectivity index (χ0v) is 29.7. The second kappa shape index (κ2) is 13.9. The number of aromatic hydroxyl groups is 8. The molecule has 0 spiro atoms. The number of fused-ring (bicyclic) bond motifs is 3. The lowest BCUT2D eigenvalue weighted by Crippen LogP contribution is -2.19. The zero-order chi connectivity index (χ0) is 38.4. The minimum atomic E-state index is -0.789. The van der Waals surface area contributed by atoms with Crippen LogP contribution in [-0.4, -0.2) is 74.9 Å². The summed E-state index contributed by atoms with van der Waals surface area (Å²) in [6, 6.07) is 27.2. The SMILES string of the molecule is Bc1c(O)c(O)c(B)c(C/N=C(\N=C(/N=C)c2cc3sc4c(-c5cccc(-c6ccccc6)c5)c(O)c(O)c(O)c4c3c(O)c2O)c2ccccc2)c1O. The third-order valence-electron chi connectivity index (χ3n) is 9.38. The summed E-state index contributed by atoms with van der Waals surface area (Å²) in [5, 5.41) is 87.8. The fourth-order valence-electron chi connectivity index (χ4n) is 6.43. The molecule has 54 heavy (non-hydrogen) atoms. The van der Waals surface area contributed by atoms with E-state index < -0.39 is 34.5 Å². The molecule has 0 atom stereocenters. The zero-order valence-electron chi connectivity index (χ0n) is 28.9. The molecule has 0 saturated heterocycles. The number of rotatable bonds is 6. The van der Waals surface area contributed by atoms with Gasteiger partial charge in [0.1, 0.15) is 21.4 Å². The van der Waals surface area contributed by atoms with E-state index in [4.69, 9.17) is 0 Å². The number of thiophene rings is 1. The number of hydrogen-bond acceptors (Lipinski definition) is 10. The average molecular weight is 735 g/mol. The molecule has 1 heterocycles. The summed E-state index contributed by atoms with van der Waals surface area (Å²) in [7, 11) is 2.99. The van der Waals surface area contributed by atoms with Gasteiger partial charge in [0.15, 0.2) is 46.2 Å². The van der Waals surface area contributed by atoms with E-state index in [1.54, 1.807) is 42.5 Å². The Labute approximate surface area is 313 Å². The molecular weight excluding hydrogens is 704 g/mol. The number of hydrogen-bond donors (Lipinski definition) is 8. The maximum absolute atomic E-state index is 11.5. The molecule has 1 aromatic heterocycles. The molecule has 0 aliphatic carbocycles. The van der Waals surface area contributed by atoms with Crippen molar-refractivity contribution in [1.82, 2.24) is 0 Å². The van der Waals surface area contributed by atoms with Crippen LogP contribution in [0.1, 0.15) is 16.7 Å². The number of phenolic OH excluding ortho intramolecular Hbond substituents is 8. The number of phenols is 8. The van der Waals surface area contributed by atoms with Gasteiger partial charge in [-0.3, -0.25) is 4.99 Å². The van der Waals surface area contributed by atoms with Gasteiger partial charge < -0.3 is 40.9 Å². The first-order valence-electron chi connectivity index (χ1n) is 16.5. The predicted octanol–water partition coefficient (Wildman–Crippen LogP) is 4.64. The Balaban J connectivity index is 1.41. The Bertz CT molecular complexity index is 2690. The van der Waals surface area contributed by atoms with Crippen LogP contribution in [0.4, 0.5) is 0 Å². The maximum Gasteiger partial charge on any atom is 0.201 e. The van der Waals surface area contributed by atoms with E-state index in [9.17, 15) is 40.9 Å².